The average Bonchev–Trinajstić information content (AvgIpc) is 3.14. The second kappa shape index (κ2) is 9.38. The molecule has 0 aromatic carbocycles. The fourth-order valence-corrected chi connectivity index (χ4v) is 6.40. The van der Waals surface area contributed by atoms with Crippen LogP contribution in [0, 0.1) is 35.0 Å². The summed E-state index contributed by atoms with van der Waals surface area (Å²) in [5, 5.41) is 0. The maximum atomic E-state index is 14.0. The molecule has 3 aliphatic carbocycles. The van der Waals surface area contributed by atoms with Crippen LogP contribution in [0.5, 0.6) is 0 Å². The van der Waals surface area contributed by atoms with E-state index in [0.717, 1.165) is 18.4 Å². The fraction of sp³-hybridized carbons (Fsp3) is 0.750. The van der Waals surface area contributed by atoms with E-state index in [9.17, 15) is 14.4 Å². The molecule has 5 nitrogen and oxygen atoms in total. The Balaban J connectivity index is 2.08. The first-order valence-corrected chi connectivity index (χ1v) is 12.7. The zero-order valence-electron chi connectivity index (χ0n) is 21.7. The Morgan fingerprint density at radius 1 is 1.12 bits per heavy atom. The summed E-state index contributed by atoms with van der Waals surface area (Å²) in [6, 6.07) is 0. The number of esters is 2. The van der Waals surface area contributed by atoms with Crippen LogP contribution in [0.25, 0.3) is 0 Å². The monoisotopic (exact) mass is 458 g/mol. The van der Waals surface area contributed by atoms with Gasteiger partial charge in [0.1, 0.15) is 6.10 Å². The first kappa shape index (κ1) is 25.7. The van der Waals surface area contributed by atoms with Crippen molar-refractivity contribution >= 4 is 17.7 Å². The molecule has 33 heavy (non-hydrogen) atoms. The lowest BCUT2D eigenvalue weighted by molar-refractivity contribution is -0.171. The fourth-order valence-electron chi connectivity index (χ4n) is 6.40. The molecule has 0 aromatic heterocycles. The van der Waals surface area contributed by atoms with Crippen LogP contribution in [-0.4, -0.2) is 29.4 Å². The van der Waals surface area contributed by atoms with Gasteiger partial charge < -0.3 is 9.47 Å². The van der Waals surface area contributed by atoms with Gasteiger partial charge in [-0.25, -0.2) is 0 Å². The molecule has 0 bridgehead atoms. The third-order valence-corrected chi connectivity index (χ3v) is 8.60. The van der Waals surface area contributed by atoms with Crippen LogP contribution in [0.1, 0.15) is 87.5 Å². The minimum Gasteiger partial charge on any atom is -0.461 e. The van der Waals surface area contributed by atoms with Gasteiger partial charge in [0.25, 0.3) is 0 Å². The molecule has 0 aliphatic heterocycles. The summed E-state index contributed by atoms with van der Waals surface area (Å²) in [5.41, 5.74) is 0.632. The molecule has 0 N–H and O–H groups in total. The Labute approximate surface area is 199 Å². The highest BCUT2D eigenvalue weighted by Crippen LogP contribution is 2.62. The van der Waals surface area contributed by atoms with Crippen molar-refractivity contribution < 1.29 is 23.9 Å². The maximum Gasteiger partial charge on any atom is 0.309 e. The molecule has 0 spiro atoms. The van der Waals surface area contributed by atoms with Gasteiger partial charge in [-0.05, 0) is 68.3 Å². The summed E-state index contributed by atoms with van der Waals surface area (Å²) in [6.45, 7) is 15.8. The zero-order chi connectivity index (χ0) is 24.7. The summed E-state index contributed by atoms with van der Waals surface area (Å²) in [7, 11) is 0. The molecule has 0 aromatic rings. The van der Waals surface area contributed by atoms with Gasteiger partial charge in [0, 0.05) is 13.3 Å². The summed E-state index contributed by atoms with van der Waals surface area (Å²) in [5.74, 6) is -0.737. The molecule has 3 rings (SSSR count). The first-order chi connectivity index (χ1) is 15.4. The van der Waals surface area contributed by atoms with Gasteiger partial charge in [0.15, 0.2) is 5.60 Å². The molecule has 0 unspecified atom stereocenters. The highest BCUT2D eigenvalue weighted by atomic mass is 16.6. The van der Waals surface area contributed by atoms with E-state index in [2.05, 4.69) is 32.9 Å². The van der Waals surface area contributed by atoms with E-state index < -0.39 is 23.6 Å². The smallest absolute Gasteiger partial charge is 0.309 e. The molecule has 6 atom stereocenters. The molecular weight excluding hydrogens is 416 g/mol. The number of hydrogen-bond acceptors (Lipinski definition) is 5. The lowest BCUT2D eigenvalue weighted by Gasteiger charge is -2.34. The third kappa shape index (κ3) is 4.70. The van der Waals surface area contributed by atoms with Crippen LogP contribution in [0.4, 0.5) is 0 Å². The van der Waals surface area contributed by atoms with Crippen molar-refractivity contribution in [3.63, 3.8) is 0 Å². The molecule has 2 saturated carbocycles. The number of allylic oxidation sites excluding steroid dienone is 2. The molecule has 0 radical (unpaired) electrons. The number of hydrogen-bond donors (Lipinski definition) is 0. The van der Waals surface area contributed by atoms with Crippen molar-refractivity contribution in [2.24, 2.45) is 35.0 Å². The van der Waals surface area contributed by atoms with Crippen molar-refractivity contribution in [1.29, 1.82) is 0 Å². The molecule has 2 fully saturated rings. The number of carbonyl (C=O) groups excluding carboxylic acids is 3. The van der Waals surface area contributed by atoms with E-state index in [0.29, 0.717) is 36.7 Å². The molecule has 0 saturated heterocycles. The van der Waals surface area contributed by atoms with E-state index >= 15 is 0 Å². The normalized spacial score (nSPS) is 38.7. The lowest BCUT2D eigenvalue weighted by Crippen LogP contribution is -2.49. The number of Topliss-reactive ketones (excluding diaryl/α,β-unsaturated/α-hetero) is 1. The summed E-state index contributed by atoms with van der Waals surface area (Å²) in [4.78, 5) is 39.2. The van der Waals surface area contributed by atoms with Crippen LogP contribution in [-0.2, 0) is 23.9 Å². The van der Waals surface area contributed by atoms with Crippen molar-refractivity contribution in [3.05, 3.63) is 23.3 Å². The van der Waals surface area contributed by atoms with E-state index in [1.54, 1.807) is 0 Å². The lowest BCUT2D eigenvalue weighted by atomic mass is 9.81. The minimum atomic E-state index is -1.34. The minimum absolute atomic E-state index is 0.110. The topological polar surface area (TPSA) is 69.7 Å². The quantitative estimate of drug-likeness (QED) is 0.383. The van der Waals surface area contributed by atoms with Crippen molar-refractivity contribution in [1.82, 2.24) is 0 Å². The largest absolute Gasteiger partial charge is 0.461 e. The highest BCUT2D eigenvalue weighted by molar-refractivity contribution is 6.03. The Morgan fingerprint density at radius 2 is 1.76 bits per heavy atom. The Bertz CT molecular complexity index is 862. The number of ether oxygens (including phenoxy) is 2. The van der Waals surface area contributed by atoms with Gasteiger partial charge in [0.05, 0.1) is 11.8 Å². The van der Waals surface area contributed by atoms with Crippen LogP contribution in [0.3, 0.4) is 0 Å². The van der Waals surface area contributed by atoms with Gasteiger partial charge in [-0.15, -0.1) is 0 Å². The second-order valence-electron chi connectivity index (χ2n) is 11.3. The van der Waals surface area contributed by atoms with Gasteiger partial charge in [-0.3, -0.25) is 14.4 Å². The van der Waals surface area contributed by atoms with Gasteiger partial charge >= 0.3 is 11.9 Å². The number of carbonyl (C=O) groups is 3. The van der Waals surface area contributed by atoms with Gasteiger partial charge in [-0.1, -0.05) is 52.3 Å². The van der Waals surface area contributed by atoms with E-state index in [1.165, 1.54) is 6.92 Å². The van der Waals surface area contributed by atoms with Gasteiger partial charge in [-0.2, -0.15) is 0 Å². The predicted molar refractivity (Wildman–Crippen MR) is 128 cm³/mol. The second-order valence-corrected chi connectivity index (χ2v) is 11.3. The third-order valence-electron chi connectivity index (χ3n) is 8.60. The van der Waals surface area contributed by atoms with Gasteiger partial charge in [0.2, 0.25) is 5.78 Å². The molecule has 0 amide bonds. The molecule has 5 heteroatoms. The molecule has 0 heterocycles. The Hall–Kier alpha value is -1.91. The number of ketones is 1. The molecule has 3 aliphatic rings. The van der Waals surface area contributed by atoms with E-state index in [1.807, 2.05) is 27.7 Å². The van der Waals surface area contributed by atoms with Crippen molar-refractivity contribution in [2.45, 2.75) is 99.2 Å². The standard InChI is InChI=1S/C28H42O5/c1-9-20(10-2)26(31)32-24-18(5)15-28(33-19(6)29)23(24)13-16(3)11-12-21-22(27(21,7)8)14-17(4)25(28)30/h13-14,18,20-24H,9-12,15H2,1-8H3/b16-13+,17-14+/t18-,21-,22+,23-,24-,28+/m0/s1. The van der Waals surface area contributed by atoms with Crippen LogP contribution < -0.4 is 0 Å². The van der Waals surface area contributed by atoms with E-state index in [4.69, 9.17) is 9.47 Å². The molecule has 184 valence electrons. The predicted octanol–water partition coefficient (Wildman–Crippen LogP) is 5.82. The van der Waals surface area contributed by atoms with Crippen LogP contribution in [0.2, 0.25) is 0 Å². The van der Waals surface area contributed by atoms with Crippen LogP contribution in [0.15, 0.2) is 23.3 Å². The first-order valence-electron chi connectivity index (χ1n) is 12.7. The van der Waals surface area contributed by atoms with Crippen molar-refractivity contribution in [2.75, 3.05) is 0 Å². The number of rotatable bonds is 5. The Morgan fingerprint density at radius 3 is 2.33 bits per heavy atom. The molecular formula is C28H42O5. The summed E-state index contributed by atoms with van der Waals surface area (Å²) < 4.78 is 12.0. The van der Waals surface area contributed by atoms with Crippen molar-refractivity contribution in [3.8, 4) is 0 Å². The number of fused-ring (bicyclic) bond motifs is 2. The highest BCUT2D eigenvalue weighted by Gasteiger charge is 2.61. The average molecular weight is 459 g/mol. The summed E-state index contributed by atoms with van der Waals surface area (Å²) >= 11 is 0. The maximum absolute atomic E-state index is 14.0. The Kier molecular flexibility index (Phi) is 7.31. The van der Waals surface area contributed by atoms with E-state index in [-0.39, 0.29) is 29.0 Å². The zero-order valence-corrected chi connectivity index (χ0v) is 21.7. The summed E-state index contributed by atoms with van der Waals surface area (Å²) in [6.07, 6.45) is 7.41. The SMILES string of the molecule is CCC(CC)C(=O)O[C@H]1[C@@H](C)C[C@]2(OC(C)=O)C(=O)/C(C)=C/[C@@H]3[C@H](CC/C(C)=C/[C@@H]12)C3(C)C. The van der Waals surface area contributed by atoms with Crippen LogP contribution >= 0.6 is 0 Å².